The molecule has 1 saturated carbocycles. The van der Waals surface area contributed by atoms with Crippen LogP contribution < -0.4 is 5.73 Å². The van der Waals surface area contributed by atoms with E-state index >= 15 is 0 Å². The SMILES string of the molecule is COC1C(=O)C(C=O)C(=O)C(C(N)CC(C)C)C1=O. The number of hydrogen-bond acceptors (Lipinski definition) is 6. The van der Waals surface area contributed by atoms with Gasteiger partial charge in [-0.3, -0.25) is 14.4 Å². The first kappa shape index (κ1) is 15.7. The number of rotatable bonds is 5. The Labute approximate surface area is 111 Å². The fourth-order valence-corrected chi connectivity index (χ4v) is 2.41. The van der Waals surface area contributed by atoms with Gasteiger partial charge in [-0.25, -0.2) is 0 Å². The highest BCUT2D eigenvalue weighted by molar-refractivity contribution is 6.31. The van der Waals surface area contributed by atoms with E-state index in [1.54, 1.807) is 0 Å². The molecule has 1 fully saturated rings. The lowest BCUT2D eigenvalue weighted by Gasteiger charge is -2.32. The summed E-state index contributed by atoms with van der Waals surface area (Å²) in [5.41, 5.74) is 5.89. The summed E-state index contributed by atoms with van der Waals surface area (Å²) in [6, 6.07) is -0.701. The molecule has 1 rings (SSSR count). The van der Waals surface area contributed by atoms with Crippen LogP contribution in [0.5, 0.6) is 0 Å². The van der Waals surface area contributed by atoms with E-state index in [9.17, 15) is 19.2 Å². The van der Waals surface area contributed by atoms with Gasteiger partial charge in [0, 0.05) is 13.2 Å². The van der Waals surface area contributed by atoms with Gasteiger partial charge in [-0.15, -0.1) is 0 Å². The molecule has 0 aromatic rings. The van der Waals surface area contributed by atoms with Crippen LogP contribution in [0.2, 0.25) is 0 Å². The fraction of sp³-hybridized carbons (Fsp3) is 0.692. The van der Waals surface area contributed by atoms with Crippen molar-refractivity contribution in [2.75, 3.05) is 7.11 Å². The predicted octanol–water partition coefficient (Wildman–Crippen LogP) is -0.473. The van der Waals surface area contributed by atoms with E-state index in [1.807, 2.05) is 13.8 Å². The Bertz CT molecular complexity index is 404. The summed E-state index contributed by atoms with van der Waals surface area (Å²) in [6.45, 7) is 3.82. The molecule has 1 aliphatic carbocycles. The number of nitrogens with two attached hydrogens (primary N) is 1. The van der Waals surface area contributed by atoms with Crippen LogP contribution in [0, 0.1) is 17.8 Å². The van der Waals surface area contributed by atoms with Gasteiger partial charge in [0.1, 0.15) is 12.2 Å². The van der Waals surface area contributed by atoms with E-state index in [-0.39, 0.29) is 12.2 Å². The van der Waals surface area contributed by atoms with Crippen molar-refractivity contribution in [1.29, 1.82) is 0 Å². The third-order valence-corrected chi connectivity index (χ3v) is 3.29. The van der Waals surface area contributed by atoms with Crippen LogP contribution in [0.15, 0.2) is 0 Å². The highest BCUT2D eigenvalue weighted by Crippen LogP contribution is 2.25. The number of Topliss-reactive ketones (excluding diaryl/α,β-unsaturated/α-hetero) is 3. The lowest BCUT2D eigenvalue weighted by atomic mass is 9.72. The van der Waals surface area contributed by atoms with Crippen molar-refractivity contribution in [1.82, 2.24) is 0 Å². The van der Waals surface area contributed by atoms with Crippen LogP contribution in [0.25, 0.3) is 0 Å². The van der Waals surface area contributed by atoms with Crippen molar-refractivity contribution < 1.29 is 23.9 Å². The normalized spacial score (nSPS) is 29.7. The van der Waals surface area contributed by atoms with Crippen molar-refractivity contribution >= 4 is 23.6 Å². The molecule has 19 heavy (non-hydrogen) atoms. The number of hydrogen-bond donors (Lipinski definition) is 1. The van der Waals surface area contributed by atoms with Gasteiger partial charge in [-0.05, 0) is 12.3 Å². The Hall–Kier alpha value is -1.40. The smallest absolute Gasteiger partial charge is 0.186 e. The molecule has 6 nitrogen and oxygen atoms in total. The Morgan fingerprint density at radius 2 is 1.79 bits per heavy atom. The van der Waals surface area contributed by atoms with Crippen LogP contribution in [0.4, 0.5) is 0 Å². The van der Waals surface area contributed by atoms with E-state index in [0.717, 1.165) is 0 Å². The molecule has 4 unspecified atom stereocenters. The third kappa shape index (κ3) is 2.96. The minimum absolute atomic E-state index is 0.198. The van der Waals surface area contributed by atoms with E-state index in [1.165, 1.54) is 7.11 Å². The van der Waals surface area contributed by atoms with Gasteiger partial charge in [0.05, 0.1) is 5.92 Å². The van der Waals surface area contributed by atoms with E-state index < -0.39 is 41.3 Å². The average molecular weight is 269 g/mol. The number of aldehydes is 1. The van der Waals surface area contributed by atoms with Crippen LogP contribution in [0.3, 0.4) is 0 Å². The van der Waals surface area contributed by atoms with Crippen LogP contribution in [-0.4, -0.2) is 42.9 Å². The van der Waals surface area contributed by atoms with E-state index in [2.05, 4.69) is 0 Å². The Balaban J connectivity index is 3.07. The van der Waals surface area contributed by atoms with Gasteiger partial charge < -0.3 is 15.3 Å². The molecule has 0 amide bonds. The first-order valence-corrected chi connectivity index (χ1v) is 6.20. The molecule has 0 bridgehead atoms. The molecule has 0 saturated heterocycles. The van der Waals surface area contributed by atoms with E-state index in [0.29, 0.717) is 6.42 Å². The lowest BCUT2D eigenvalue weighted by Crippen LogP contribution is -2.57. The maximum Gasteiger partial charge on any atom is 0.186 e. The molecular formula is C13H19NO5. The molecule has 106 valence electrons. The minimum Gasteiger partial charge on any atom is -0.366 e. The summed E-state index contributed by atoms with van der Waals surface area (Å²) in [7, 11) is 1.20. The van der Waals surface area contributed by atoms with Crippen molar-refractivity contribution in [3.8, 4) is 0 Å². The third-order valence-electron chi connectivity index (χ3n) is 3.29. The maximum absolute atomic E-state index is 12.1. The monoisotopic (exact) mass is 269 g/mol. The number of carbonyl (C=O) groups is 4. The summed E-state index contributed by atoms with van der Waals surface area (Å²) in [5.74, 6) is -4.51. The summed E-state index contributed by atoms with van der Waals surface area (Å²) in [5, 5.41) is 0. The molecule has 0 spiro atoms. The predicted molar refractivity (Wildman–Crippen MR) is 66.3 cm³/mol. The second-order valence-corrected chi connectivity index (χ2v) is 5.21. The number of ketones is 3. The lowest BCUT2D eigenvalue weighted by molar-refractivity contribution is -0.157. The van der Waals surface area contributed by atoms with Gasteiger partial charge in [-0.1, -0.05) is 13.8 Å². The molecule has 1 aliphatic rings. The molecular weight excluding hydrogens is 250 g/mol. The number of methoxy groups -OCH3 is 1. The highest BCUT2D eigenvalue weighted by atomic mass is 16.5. The second-order valence-electron chi connectivity index (χ2n) is 5.21. The molecule has 0 radical (unpaired) electrons. The Kier molecular flexibility index (Phi) is 5.08. The topological polar surface area (TPSA) is 104 Å². The molecule has 0 aromatic carbocycles. The molecule has 6 heteroatoms. The molecule has 2 N–H and O–H groups in total. The molecule has 4 atom stereocenters. The minimum atomic E-state index is -1.44. The summed E-state index contributed by atoms with van der Waals surface area (Å²) < 4.78 is 4.82. The van der Waals surface area contributed by atoms with E-state index in [4.69, 9.17) is 10.5 Å². The standard InChI is InChI=1S/C13H19NO5/c1-6(2)4-8(14)9-10(16)7(5-15)11(17)13(19-3)12(9)18/h5-9,13H,4,14H2,1-3H3. The van der Waals surface area contributed by atoms with Crippen molar-refractivity contribution in [2.45, 2.75) is 32.4 Å². The maximum atomic E-state index is 12.1. The zero-order valence-corrected chi connectivity index (χ0v) is 11.3. The average Bonchev–Trinajstić information content (AvgIpc) is 2.28. The highest BCUT2D eigenvalue weighted by Gasteiger charge is 2.51. The van der Waals surface area contributed by atoms with Crippen LogP contribution >= 0.6 is 0 Å². The van der Waals surface area contributed by atoms with Crippen LogP contribution in [0.1, 0.15) is 20.3 Å². The summed E-state index contributed by atoms with van der Waals surface area (Å²) in [6.07, 6.45) is -0.646. The first-order chi connectivity index (χ1) is 8.84. The van der Waals surface area contributed by atoms with Gasteiger partial charge in [0.15, 0.2) is 23.5 Å². The Morgan fingerprint density at radius 3 is 2.21 bits per heavy atom. The van der Waals surface area contributed by atoms with Crippen LogP contribution in [-0.2, 0) is 23.9 Å². The van der Waals surface area contributed by atoms with Gasteiger partial charge in [0.25, 0.3) is 0 Å². The molecule has 0 aromatic heterocycles. The molecule has 0 aliphatic heterocycles. The largest absolute Gasteiger partial charge is 0.366 e. The quantitative estimate of drug-likeness (QED) is 0.534. The summed E-state index contributed by atoms with van der Waals surface area (Å²) >= 11 is 0. The number of carbonyl (C=O) groups excluding carboxylic acids is 4. The second kappa shape index (κ2) is 6.16. The zero-order valence-electron chi connectivity index (χ0n) is 11.3. The van der Waals surface area contributed by atoms with Crippen molar-refractivity contribution in [2.24, 2.45) is 23.5 Å². The molecule has 0 heterocycles. The fourth-order valence-electron chi connectivity index (χ4n) is 2.41. The van der Waals surface area contributed by atoms with Gasteiger partial charge >= 0.3 is 0 Å². The van der Waals surface area contributed by atoms with Gasteiger partial charge in [-0.2, -0.15) is 0 Å². The number of ether oxygens (including phenoxy) is 1. The van der Waals surface area contributed by atoms with Crippen molar-refractivity contribution in [3.05, 3.63) is 0 Å². The first-order valence-electron chi connectivity index (χ1n) is 6.20. The summed E-state index contributed by atoms with van der Waals surface area (Å²) in [4.78, 5) is 46.8. The Morgan fingerprint density at radius 1 is 1.21 bits per heavy atom. The zero-order chi connectivity index (χ0) is 14.7. The van der Waals surface area contributed by atoms with Crippen molar-refractivity contribution in [3.63, 3.8) is 0 Å². The van der Waals surface area contributed by atoms with Gasteiger partial charge in [0.2, 0.25) is 0 Å².